The van der Waals surface area contributed by atoms with E-state index in [1.807, 2.05) is 0 Å². The Bertz CT molecular complexity index is 169. The van der Waals surface area contributed by atoms with Crippen molar-refractivity contribution in [2.24, 2.45) is 0 Å². The van der Waals surface area contributed by atoms with Gasteiger partial charge in [-0.1, -0.05) is 19.3 Å². The summed E-state index contributed by atoms with van der Waals surface area (Å²) in [5.41, 5.74) is 0. The summed E-state index contributed by atoms with van der Waals surface area (Å²) in [5.74, 6) is 0. The van der Waals surface area contributed by atoms with E-state index in [2.05, 4.69) is 29.0 Å². The molecule has 0 aromatic carbocycles. The van der Waals surface area contributed by atoms with Gasteiger partial charge in [-0.2, -0.15) is 0 Å². The number of hydrogen-bond acceptors (Lipinski definition) is 3. The minimum absolute atomic E-state index is 0.692. The van der Waals surface area contributed by atoms with Gasteiger partial charge in [-0.3, -0.25) is 0 Å². The van der Waals surface area contributed by atoms with Gasteiger partial charge in [0.15, 0.2) is 0 Å². The number of piperazine rings is 1. The van der Waals surface area contributed by atoms with E-state index in [1.54, 1.807) is 0 Å². The van der Waals surface area contributed by atoms with Crippen LogP contribution in [0.1, 0.15) is 32.1 Å². The predicted molar refractivity (Wildman–Crippen MR) is 63.8 cm³/mol. The summed E-state index contributed by atoms with van der Waals surface area (Å²) in [6.07, 6.45) is 7.29. The molecule has 0 radical (unpaired) electrons. The molecule has 2 nitrogen and oxygen atoms in total. The quantitative estimate of drug-likeness (QED) is 0.756. The molecule has 0 aromatic heterocycles. The smallest absolute Gasteiger partial charge is 0.0664 e. The standard InChI is InChI=1S/C11H22N2S/c1-13-8-7-12-11(9-13)14-10-5-3-2-4-6-10/h10-12H,2-9H2,1H3. The van der Waals surface area contributed by atoms with Crippen molar-refractivity contribution < 1.29 is 0 Å². The molecule has 0 bridgehead atoms. The van der Waals surface area contributed by atoms with Crippen LogP contribution >= 0.6 is 11.8 Å². The van der Waals surface area contributed by atoms with Crippen LogP contribution in [0.25, 0.3) is 0 Å². The van der Waals surface area contributed by atoms with Crippen LogP contribution in [0.15, 0.2) is 0 Å². The summed E-state index contributed by atoms with van der Waals surface area (Å²) in [6.45, 7) is 3.60. The molecule has 3 heteroatoms. The average Bonchev–Trinajstić information content (AvgIpc) is 2.19. The monoisotopic (exact) mass is 214 g/mol. The molecule has 0 amide bonds. The highest BCUT2D eigenvalue weighted by molar-refractivity contribution is 8.00. The van der Waals surface area contributed by atoms with Crippen molar-refractivity contribution in [3.05, 3.63) is 0 Å². The van der Waals surface area contributed by atoms with E-state index >= 15 is 0 Å². The van der Waals surface area contributed by atoms with Crippen LogP contribution in [-0.2, 0) is 0 Å². The maximum atomic E-state index is 3.62. The van der Waals surface area contributed by atoms with Crippen molar-refractivity contribution in [2.45, 2.75) is 42.7 Å². The van der Waals surface area contributed by atoms with Crippen LogP contribution in [0, 0.1) is 0 Å². The van der Waals surface area contributed by atoms with Crippen LogP contribution in [0.5, 0.6) is 0 Å². The lowest BCUT2D eigenvalue weighted by Gasteiger charge is -2.33. The van der Waals surface area contributed by atoms with E-state index in [-0.39, 0.29) is 0 Å². The molecule has 2 fully saturated rings. The first-order chi connectivity index (χ1) is 6.84. The van der Waals surface area contributed by atoms with Gasteiger partial charge in [0.25, 0.3) is 0 Å². The Labute approximate surface area is 91.8 Å². The minimum atomic E-state index is 0.692. The van der Waals surface area contributed by atoms with E-state index in [1.165, 1.54) is 51.7 Å². The lowest BCUT2D eigenvalue weighted by atomic mass is 10.0. The molecule has 2 rings (SSSR count). The molecule has 14 heavy (non-hydrogen) atoms. The fourth-order valence-corrected chi connectivity index (χ4v) is 4.00. The number of likely N-dealkylation sites (N-methyl/N-ethyl adjacent to an activating group) is 1. The molecule has 1 unspecified atom stereocenters. The van der Waals surface area contributed by atoms with Crippen LogP contribution in [-0.4, -0.2) is 42.2 Å². The fourth-order valence-electron chi connectivity index (χ4n) is 2.38. The molecule has 1 aliphatic carbocycles. The van der Waals surface area contributed by atoms with Gasteiger partial charge in [0.2, 0.25) is 0 Å². The topological polar surface area (TPSA) is 15.3 Å². The van der Waals surface area contributed by atoms with E-state index in [0.29, 0.717) is 5.37 Å². The molecule has 1 aliphatic heterocycles. The molecule has 0 spiro atoms. The Hall–Kier alpha value is 0.270. The summed E-state index contributed by atoms with van der Waals surface area (Å²) in [5, 5.41) is 5.25. The Morgan fingerprint density at radius 2 is 2.00 bits per heavy atom. The van der Waals surface area contributed by atoms with E-state index < -0.39 is 0 Å². The Kier molecular flexibility index (Phi) is 4.14. The molecular weight excluding hydrogens is 192 g/mol. The summed E-state index contributed by atoms with van der Waals surface area (Å²) in [4.78, 5) is 2.44. The first-order valence-corrected chi connectivity index (χ1v) is 6.86. The van der Waals surface area contributed by atoms with Gasteiger partial charge in [-0.25, -0.2) is 0 Å². The SMILES string of the molecule is CN1CCNC(SC2CCCCC2)C1. The van der Waals surface area contributed by atoms with Crippen molar-refractivity contribution in [3.63, 3.8) is 0 Å². The maximum absolute atomic E-state index is 3.62. The molecule has 2 aliphatic rings. The van der Waals surface area contributed by atoms with Crippen molar-refractivity contribution in [1.29, 1.82) is 0 Å². The van der Waals surface area contributed by atoms with Gasteiger partial charge >= 0.3 is 0 Å². The average molecular weight is 214 g/mol. The Morgan fingerprint density at radius 1 is 1.21 bits per heavy atom. The van der Waals surface area contributed by atoms with Gasteiger partial charge in [0.05, 0.1) is 5.37 Å². The summed E-state index contributed by atoms with van der Waals surface area (Å²) < 4.78 is 0. The summed E-state index contributed by atoms with van der Waals surface area (Å²) in [6, 6.07) is 0. The largest absolute Gasteiger partial charge is 0.303 e. The maximum Gasteiger partial charge on any atom is 0.0664 e. The van der Waals surface area contributed by atoms with Crippen molar-refractivity contribution in [3.8, 4) is 0 Å². The third-order valence-electron chi connectivity index (χ3n) is 3.25. The molecule has 1 atom stereocenters. The first kappa shape index (κ1) is 10.8. The van der Waals surface area contributed by atoms with E-state index in [4.69, 9.17) is 0 Å². The molecule has 0 aromatic rings. The highest BCUT2D eigenvalue weighted by Gasteiger charge is 2.22. The van der Waals surface area contributed by atoms with Crippen molar-refractivity contribution in [1.82, 2.24) is 10.2 Å². The molecular formula is C11H22N2S. The normalized spacial score (nSPS) is 31.9. The Morgan fingerprint density at radius 3 is 2.71 bits per heavy atom. The van der Waals surface area contributed by atoms with Gasteiger partial charge in [-0.15, -0.1) is 11.8 Å². The van der Waals surface area contributed by atoms with E-state index in [9.17, 15) is 0 Å². The molecule has 1 saturated carbocycles. The van der Waals surface area contributed by atoms with Gasteiger partial charge < -0.3 is 10.2 Å². The van der Waals surface area contributed by atoms with Crippen molar-refractivity contribution >= 4 is 11.8 Å². The summed E-state index contributed by atoms with van der Waals surface area (Å²) in [7, 11) is 2.23. The molecule has 1 N–H and O–H groups in total. The number of rotatable bonds is 2. The second-order valence-electron chi connectivity index (χ2n) is 4.60. The van der Waals surface area contributed by atoms with E-state index in [0.717, 1.165) is 5.25 Å². The van der Waals surface area contributed by atoms with Crippen LogP contribution in [0.3, 0.4) is 0 Å². The Balaban J connectivity index is 1.72. The van der Waals surface area contributed by atoms with Gasteiger partial charge in [0.1, 0.15) is 0 Å². The zero-order valence-electron chi connectivity index (χ0n) is 9.17. The second-order valence-corrected chi connectivity index (χ2v) is 6.11. The zero-order valence-corrected chi connectivity index (χ0v) is 9.98. The third kappa shape index (κ3) is 3.14. The number of thioether (sulfide) groups is 1. The highest BCUT2D eigenvalue weighted by atomic mass is 32.2. The number of nitrogens with one attached hydrogen (secondary N) is 1. The van der Waals surface area contributed by atoms with Crippen LogP contribution < -0.4 is 5.32 Å². The zero-order chi connectivity index (χ0) is 9.80. The lowest BCUT2D eigenvalue weighted by molar-refractivity contribution is 0.277. The third-order valence-corrected chi connectivity index (χ3v) is 4.75. The lowest BCUT2D eigenvalue weighted by Crippen LogP contribution is -2.48. The highest BCUT2D eigenvalue weighted by Crippen LogP contribution is 2.30. The van der Waals surface area contributed by atoms with Gasteiger partial charge in [0, 0.05) is 24.9 Å². The number of nitrogens with zero attached hydrogens (tertiary/aromatic N) is 1. The molecule has 82 valence electrons. The summed E-state index contributed by atoms with van der Waals surface area (Å²) >= 11 is 2.19. The van der Waals surface area contributed by atoms with Gasteiger partial charge in [-0.05, 0) is 19.9 Å². The van der Waals surface area contributed by atoms with Crippen LogP contribution in [0.4, 0.5) is 0 Å². The fraction of sp³-hybridized carbons (Fsp3) is 1.00. The predicted octanol–water partition coefficient (Wildman–Crippen LogP) is 1.91. The first-order valence-electron chi connectivity index (χ1n) is 5.92. The van der Waals surface area contributed by atoms with Crippen LogP contribution in [0.2, 0.25) is 0 Å². The minimum Gasteiger partial charge on any atom is -0.303 e. The second kappa shape index (κ2) is 5.38. The van der Waals surface area contributed by atoms with Crippen molar-refractivity contribution in [2.75, 3.05) is 26.7 Å². The molecule has 1 heterocycles. The number of hydrogen-bond donors (Lipinski definition) is 1. The molecule has 1 saturated heterocycles.